The molecule has 102 valence electrons. The molecule has 0 saturated heterocycles. The molecular formula is C17H16ClNO. The monoisotopic (exact) mass is 285 g/mol. The van der Waals surface area contributed by atoms with Crippen molar-refractivity contribution in [2.24, 2.45) is 5.73 Å². The minimum Gasteiger partial charge on any atom is -0.486 e. The molecule has 2 aromatic rings. The van der Waals surface area contributed by atoms with Crippen LogP contribution in [0.1, 0.15) is 29.2 Å². The van der Waals surface area contributed by atoms with Crippen LogP contribution in [-0.2, 0) is 12.8 Å². The van der Waals surface area contributed by atoms with Gasteiger partial charge in [0.05, 0.1) is 0 Å². The Morgan fingerprint density at radius 2 is 1.80 bits per heavy atom. The first kappa shape index (κ1) is 12.2. The van der Waals surface area contributed by atoms with Crippen molar-refractivity contribution >= 4 is 11.6 Å². The van der Waals surface area contributed by atoms with Crippen LogP contribution in [0.3, 0.4) is 0 Å². The van der Waals surface area contributed by atoms with Gasteiger partial charge in [0.1, 0.15) is 11.4 Å². The van der Waals surface area contributed by atoms with Gasteiger partial charge >= 0.3 is 0 Å². The van der Waals surface area contributed by atoms with Crippen LogP contribution in [-0.4, -0.2) is 5.60 Å². The Kier molecular flexibility index (Phi) is 2.60. The van der Waals surface area contributed by atoms with Crippen LogP contribution in [0.15, 0.2) is 42.5 Å². The maximum Gasteiger partial charge on any atom is 0.125 e. The van der Waals surface area contributed by atoms with Crippen molar-refractivity contribution < 1.29 is 4.74 Å². The summed E-state index contributed by atoms with van der Waals surface area (Å²) < 4.78 is 6.35. The number of ether oxygens (including phenoxy) is 1. The first-order chi connectivity index (χ1) is 9.65. The number of hydrogen-bond donors (Lipinski definition) is 1. The van der Waals surface area contributed by atoms with Crippen LogP contribution in [0.4, 0.5) is 0 Å². The summed E-state index contributed by atoms with van der Waals surface area (Å²) in [4.78, 5) is 0. The van der Waals surface area contributed by atoms with Crippen molar-refractivity contribution in [1.82, 2.24) is 0 Å². The highest BCUT2D eigenvalue weighted by molar-refractivity contribution is 6.30. The van der Waals surface area contributed by atoms with E-state index >= 15 is 0 Å². The van der Waals surface area contributed by atoms with Crippen molar-refractivity contribution in [3.63, 3.8) is 0 Å². The van der Waals surface area contributed by atoms with E-state index in [0.29, 0.717) is 5.02 Å². The zero-order valence-corrected chi connectivity index (χ0v) is 11.9. The summed E-state index contributed by atoms with van der Waals surface area (Å²) in [5.74, 6) is 0.890. The largest absolute Gasteiger partial charge is 0.486 e. The predicted molar refractivity (Wildman–Crippen MR) is 80.2 cm³/mol. The lowest BCUT2D eigenvalue weighted by molar-refractivity contribution is 0.0460. The third kappa shape index (κ3) is 1.83. The minimum absolute atomic E-state index is 0.00763. The maximum absolute atomic E-state index is 6.37. The molecule has 0 amide bonds. The van der Waals surface area contributed by atoms with Gasteiger partial charge in [0.25, 0.3) is 0 Å². The van der Waals surface area contributed by atoms with E-state index in [1.807, 2.05) is 18.2 Å². The molecule has 0 fully saturated rings. The van der Waals surface area contributed by atoms with Crippen LogP contribution in [0.2, 0.25) is 5.02 Å². The van der Waals surface area contributed by atoms with Gasteiger partial charge in [-0.1, -0.05) is 35.9 Å². The average molecular weight is 286 g/mol. The Hall–Kier alpha value is -1.51. The van der Waals surface area contributed by atoms with Crippen molar-refractivity contribution in [1.29, 1.82) is 0 Å². The van der Waals surface area contributed by atoms with Gasteiger partial charge in [-0.3, -0.25) is 0 Å². The maximum atomic E-state index is 6.37. The Balaban J connectivity index is 1.73. The molecule has 0 radical (unpaired) electrons. The van der Waals surface area contributed by atoms with Gasteiger partial charge in [0, 0.05) is 35.9 Å². The molecule has 3 heteroatoms. The molecule has 1 spiro atoms. The Bertz CT molecular complexity index is 657. The summed E-state index contributed by atoms with van der Waals surface area (Å²) in [7, 11) is 0. The third-order valence-corrected chi connectivity index (χ3v) is 4.67. The molecule has 4 rings (SSSR count). The lowest BCUT2D eigenvalue weighted by atomic mass is 9.85. The van der Waals surface area contributed by atoms with Gasteiger partial charge in [-0.05, 0) is 29.3 Å². The summed E-state index contributed by atoms with van der Waals surface area (Å²) in [6.45, 7) is 0. The molecule has 2 aliphatic rings. The fraction of sp³-hybridized carbons (Fsp3) is 0.294. The molecule has 1 heterocycles. The molecule has 0 saturated carbocycles. The lowest BCUT2D eigenvalue weighted by Gasteiger charge is -2.38. The van der Waals surface area contributed by atoms with Gasteiger partial charge < -0.3 is 10.5 Å². The summed E-state index contributed by atoms with van der Waals surface area (Å²) in [6.07, 6.45) is 2.73. The highest BCUT2D eigenvalue weighted by Crippen LogP contribution is 2.45. The van der Waals surface area contributed by atoms with Crippen molar-refractivity contribution in [2.75, 3.05) is 0 Å². The average Bonchev–Trinajstić information content (AvgIpc) is 2.77. The van der Waals surface area contributed by atoms with Crippen LogP contribution in [0.25, 0.3) is 0 Å². The second-order valence-corrected chi connectivity index (χ2v) is 6.34. The Morgan fingerprint density at radius 1 is 1.10 bits per heavy atom. The number of nitrogens with two attached hydrogens (primary N) is 1. The van der Waals surface area contributed by atoms with E-state index in [4.69, 9.17) is 22.1 Å². The van der Waals surface area contributed by atoms with E-state index in [0.717, 1.165) is 30.6 Å². The Labute approximate surface area is 123 Å². The van der Waals surface area contributed by atoms with E-state index < -0.39 is 0 Å². The van der Waals surface area contributed by atoms with Crippen molar-refractivity contribution in [3.05, 3.63) is 64.2 Å². The quantitative estimate of drug-likeness (QED) is 0.802. The zero-order chi connectivity index (χ0) is 13.7. The molecule has 0 bridgehead atoms. The fourth-order valence-electron chi connectivity index (χ4n) is 3.56. The van der Waals surface area contributed by atoms with Crippen LogP contribution in [0.5, 0.6) is 5.75 Å². The van der Waals surface area contributed by atoms with Gasteiger partial charge in [0.2, 0.25) is 0 Å². The van der Waals surface area contributed by atoms with Crippen molar-refractivity contribution in [3.8, 4) is 5.75 Å². The van der Waals surface area contributed by atoms with Gasteiger partial charge in [-0.2, -0.15) is 0 Å². The van der Waals surface area contributed by atoms with Gasteiger partial charge in [-0.25, -0.2) is 0 Å². The minimum atomic E-state index is -0.177. The molecule has 2 nitrogen and oxygen atoms in total. The standard InChI is InChI=1S/C17H16ClNO/c18-13-5-6-16-14(7-13)15(19)10-17(20-16)8-11-3-1-2-4-12(11)9-17/h1-7,15H,8-10,19H2/t15-/m1/s1. The lowest BCUT2D eigenvalue weighted by Crippen LogP contribution is -2.43. The summed E-state index contributed by atoms with van der Waals surface area (Å²) in [6, 6.07) is 14.3. The van der Waals surface area contributed by atoms with E-state index in [-0.39, 0.29) is 11.6 Å². The topological polar surface area (TPSA) is 35.2 Å². The predicted octanol–water partition coefficient (Wildman–Crippen LogP) is 3.66. The summed E-state index contributed by atoms with van der Waals surface area (Å²) >= 11 is 6.06. The van der Waals surface area contributed by atoms with Crippen molar-refractivity contribution in [2.45, 2.75) is 30.9 Å². The summed E-state index contributed by atoms with van der Waals surface area (Å²) in [5, 5.41) is 0.716. The summed E-state index contributed by atoms with van der Waals surface area (Å²) in [5.41, 5.74) is 9.99. The van der Waals surface area contributed by atoms with Crippen LogP contribution < -0.4 is 10.5 Å². The molecule has 20 heavy (non-hydrogen) atoms. The normalized spacial score (nSPS) is 22.2. The number of fused-ring (bicyclic) bond motifs is 2. The number of rotatable bonds is 0. The second-order valence-electron chi connectivity index (χ2n) is 5.90. The number of benzene rings is 2. The van der Waals surface area contributed by atoms with E-state index in [1.54, 1.807) is 0 Å². The first-order valence-corrected chi connectivity index (χ1v) is 7.34. The second kappa shape index (κ2) is 4.24. The fourth-order valence-corrected chi connectivity index (χ4v) is 3.74. The molecule has 0 aromatic heterocycles. The van der Waals surface area contributed by atoms with Crippen LogP contribution >= 0.6 is 11.6 Å². The van der Waals surface area contributed by atoms with E-state index in [2.05, 4.69) is 24.3 Å². The zero-order valence-electron chi connectivity index (χ0n) is 11.1. The molecule has 2 aromatic carbocycles. The SMILES string of the molecule is N[C@@H]1CC2(Cc3ccccc3C2)Oc2ccc(Cl)cc21. The van der Waals surface area contributed by atoms with Crippen LogP contribution in [0, 0.1) is 0 Å². The van der Waals surface area contributed by atoms with Gasteiger partial charge in [0.15, 0.2) is 0 Å². The van der Waals surface area contributed by atoms with E-state index in [9.17, 15) is 0 Å². The first-order valence-electron chi connectivity index (χ1n) is 6.96. The Morgan fingerprint density at radius 3 is 2.50 bits per heavy atom. The molecule has 1 aliphatic carbocycles. The number of halogens is 1. The smallest absolute Gasteiger partial charge is 0.125 e. The third-order valence-electron chi connectivity index (χ3n) is 4.43. The van der Waals surface area contributed by atoms with E-state index in [1.165, 1.54) is 11.1 Å². The molecular weight excluding hydrogens is 270 g/mol. The van der Waals surface area contributed by atoms with Gasteiger partial charge in [-0.15, -0.1) is 0 Å². The molecule has 1 aliphatic heterocycles. The highest BCUT2D eigenvalue weighted by Gasteiger charge is 2.44. The highest BCUT2D eigenvalue weighted by atomic mass is 35.5. The number of hydrogen-bond acceptors (Lipinski definition) is 2. The molecule has 2 N–H and O–H groups in total. The molecule has 1 atom stereocenters. The molecule has 0 unspecified atom stereocenters.